The van der Waals surface area contributed by atoms with Crippen molar-refractivity contribution in [1.29, 1.82) is 0 Å². The van der Waals surface area contributed by atoms with Crippen LogP contribution in [0, 0.1) is 46.3 Å². The van der Waals surface area contributed by atoms with Gasteiger partial charge in [-0.2, -0.15) is 0 Å². The Balaban J connectivity index is 1.32. The van der Waals surface area contributed by atoms with Gasteiger partial charge in [0.05, 0.1) is 0 Å². The van der Waals surface area contributed by atoms with Crippen LogP contribution in [0.25, 0.3) is 0 Å². The van der Waals surface area contributed by atoms with Gasteiger partial charge in [-0.3, -0.25) is 0 Å². The summed E-state index contributed by atoms with van der Waals surface area (Å²) in [5, 5.41) is 0. The summed E-state index contributed by atoms with van der Waals surface area (Å²) >= 11 is 0. The molecule has 0 aliphatic heterocycles. The molecule has 4 aliphatic rings. The van der Waals surface area contributed by atoms with Crippen molar-refractivity contribution in [3.63, 3.8) is 0 Å². The van der Waals surface area contributed by atoms with E-state index in [1.807, 2.05) is 0 Å². The van der Waals surface area contributed by atoms with Crippen LogP contribution in [0.3, 0.4) is 0 Å². The second-order valence-corrected chi connectivity index (χ2v) is 14.3. The zero-order chi connectivity index (χ0) is 28.4. The molecule has 5 heteroatoms. The third-order valence-corrected chi connectivity index (χ3v) is 11.4. The Hall–Kier alpha value is -1.78. The van der Waals surface area contributed by atoms with Crippen LogP contribution >= 0.6 is 0 Å². The molecule has 0 aromatic carbocycles. The third-order valence-electron chi connectivity index (χ3n) is 11.4. The first-order chi connectivity index (χ1) is 18.5. The van der Waals surface area contributed by atoms with Crippen LogP contribution in [-0.4, -0.2) is 31.4 Å². The largest absolute Gasteiger partial charge is 0.508 e. The van der Waals surface area contributed by atoms with Gasteiger partial charge in [0.2, 0.25) is 0 Å². The molecular formula is C34H54O5. The quantitative estimate of drug-likeness (QED) is 0.120. The number of ether oxygens (including phenoxy) is 3. The van der Waals surface area contributed by atoms with E-state index in [4.69, 9.17) is 14.2 Å². The Morgan fingerprint density at radius 1 is 1.00 bits per heavy atom. The molecule has 39 heavy (non-hydrogen) atoms. The van der Waals surface area contributed by atoms with Crippen LogP contribution in [0.15, 0.2) is 23.8 Å². The summed E-state index contributed by atoms with van der Waals surface area (Å²) in [5.74, 6) is 4.46. The number of hydrogen-bond acceptors (Lipinski definition) is 5. The zero-order valence-corrected chi connectivity index (χ0v) is 25.6. The predicted octanol–water partition coefficient (Wildman–Crippen LogP) is 8.67. The molecule has 3 fully saturated rings. The molecule has 0 amide bonds. The van der Waals surface area contributed by atoms with Crippen molar-refractivity contribution in [3.05, 3.63) is 23.8 Å². The first-order valence-corrected chi connectivity index (χ1v) is 15.8. The van der Waals surface area contributed by atoms with Gasteiger partial charge in [-0.1, -0.05) is 72.1 Å². The molecule has 0 unspecified atom stereocenters. The molecule has 0 aromatic heterocycles. The van der Waals surface area contributed by atoms with Crippen molar-refractivity contribution < 1.29 is 23.8 Å². The van der Waals surface area contributed by atoms with Gasteiger partial charge < -0.3 is 14.2 Å². The molecule has 0 N–H and O–H groups in total. The van der Waals surface area contributed by atoms with Crippen molar-refractivity contribution >= 4 is 12.1 Å². The maximum Gasteiger partial charge on any atom is 0.508 e. The van der Waals surface area contributed by atoms with Gasteiger partial charge in [0.1, 0.15) is 19.3 Å². The molecule has 220 valence electrons. The van der Waals surface area contributed by atoms with E-state index in [1.165, 1.54) is 56.9 Å². The molecule has 3 saturated carbocycles. The fraction of sp³-hybridized carbons (Fsp3) is 0.824. The van der Waals surface area contributed by atoms with Crippen molar-refractivity contribution in [2.45, 2.75) is 118 Å². The molecule has 5 nitrogen and oxygen atoms in total. The summed E-state index contributed by atoms with van der Waals surface area (Å²) in [6.07, 6.45) is 15.4. The molecule has 4 aliphatic carbocycles. The first-order valence-electron chi connectivity index (χ1n) is 15.8. The highest BCUT2D eigenvalue weighted by molar-refractivity contribution is 5.86. The van der Waals surface area contributed by atoms with Gasteiger partial charge in [-0.15, -0.1) is 0 Å². The van der Waals surface area contributed by atoms with Crippen LogP contribution < -0.4 is 0 Å². The smallest absolute Gasteiger partial charge is 0.459 e. The van der Waals surface area contributed by atoms with Crippen molar-refractivity contribution in [2.75, 3.05) is 13.2 Å². The average molecular weight is 543 g/mol. The maximum atomic E-state index is 12.3. The highest BCUT2D eigenvalue weighted by atomic mass is 16.7. The standard InChI is InChI=1S/C34H54O5/c1-22(2)9-8-10-24(5)28-13-14-29-27-12-11-25-21-26(39-32(36)38-20-19-37-31(35)23(3)4)15-17-33(25,6)30(27)16-18-34(28,29)7/h11,22,24,26-30H,3,8-10,12-21H2,1-2,4-7H3/t24-,26+,27+,28-,29+,30+,33+,34-/m1/s1. The molecule has 0 spiro atoms. The Morgan fingerprint density at radius 2 is 1.74 bits per heavy atom. The highest BCUT2D eigenvalue weighted by Crippen LogP contribution is 2.67. The first kappa shape index (κ1) is 30.2. The SMILES string of the molecule is C=C(C)C(=O)OCCOC(=O)O[C@H]1CC[C@@]2(C)C(=CC[C@H]3[C@@H]4CC[C@H]([C@H](C)CCCC(C)C)[C@@]4(C)CC[C@@H]32)C1. The van der Waals surface area contributed by atoms with E-state index in [-0.39, 0.29) is 24.7 Å². The fourth-order valence-electron chi connectivity index (χ4n) is 9.31. The summed E-state index contributed by atoms with van der Waals surface area (Å²) in [6.45, 7) is 17.5. The number of fused-ring (bicyclic) bond motifs is 5. The monoisotopic (exact) mass is 542 g/mol. The summed E-state index contributed by atoms with van der Waals surface area (Å²) in [6, 6.07) is 0. The van der Waals surface area contributed by atoms with E-state index in [9.17, 15) is 9.59 Å². The number of esters is 1. The number of allylic oxidation sites excluding steroid dienone is 1. The Bertz CT molecular complexity index is 936. The third kappa shape index (κ3) is 6.43. The maximum absolute atomic E-state index is 12.3. The minimum atomic E-state index is -0.669. The second-order valence-electron chi connectivity index (χ2n) is 14.3. The Morgan fingerprint density at radius 3 is 2.46 bits per heavy atom. The summed E-state index contributed by atoms with van der Waals surface area (Å²) in [7, 11) is 0. The molecular weight excluding hydrogens is 488 g/mol. The molecule has 0 radical (unpaired) electrons. The lowest BCUT2D eigenvalue weighted by Crippen LogP contribution is -2.51. The molecule has 0 bridgehead atoms. The zero-order valence-electron chi connectivity index (χ0n) is 25.6. The molecule has 0 saturated heterocycles. The van der Waals surface area contributed by atoms with Gasteiger partial charge in [0, 0.05) is 12.0 Å². The molecule has 8 atom stereocenters. The van der Waals surface area contributed by atoms with Gasteiger partial charge in [0.15, 0.2) is 0 Å². The van der Waals surface area contributed by atoms with Crippen LogP contribution in [0.5, 0.6) is 0 Å². The minimum absolute atomic E-state index is 0.00771. The van der Waals surface area contributed by atoms with Gasteiger partial charge in [-0.05, 0) is 98.2 Å². The topological polar surface area (TPSA) is 61.8 Å². The minimum Gasteiger partial charge on any atom is -0.459 e. The second kappa shape index (κ2) is 12.4. The Labute approximate surface area is 237 Å². The van der Waals surface area contributed by atoms with E-state index in [1.54, 1.807) is 6.92 Å². The van der Waals surface area contributed by atoms with Crippen molar-refractivity contribution in [1.82, 2.24) is 0 Å². The van der Waals surface area contributed by atoms with Crippen LogP contribution in [-0.2, 0) is 19.0 Å². The predicted molar refractivity (Wildman–Crippen MR) is 155 cm³/mol. The van der Waals surface area contributed by atoms with E-state index in [0.717, 1.165) is 54.8 Å². The van der Waals surface area contributed by atoms with Gasteiger partial charge >= 0.3 is 12.1 Å². The number of hydrogen-bond donors (Lipinski definition) is 0. The van der Waals surface area contributed by atoms with E-state index >= 15 is 0 Å². The van der Waals surface area contributed by atoms with Crippen LogP contribution in [0.4, 0.5) is 4.79 Å². The molecule has 4 rings (SSSR count). The number of rotatable bonds is 10. The summed E-state index contributed by atoms with van der Waals surface area (Å²) in [5.41, 5.74) is 2.56. The van der Waals surface area contributed by atoms with E-state index in [2.05, 4.69) is 47.3 Å². The lowest BCUT2D eigenvalue weighted by molar-refractivity contribution is -0.140. The number of carbonyl (C=O) groups is 2. The normalized spacial score (nSPS) is 36.2. The highest BCUT2D eigenvalue weighted by Gasteiger charge is 2.59. The van der Waals surface area contributed by atoms with Crippen molar-refractivity contribution in [3.8, 4) is 0 Å². The lowest BCUT2D eigenvalue weighted by atomic mass is 9.47. The fourth-order valence-corrected chi connectivity index (χ4v) is 9.31. The van der Waals surface area contributed by atoms with Crippen LogP contribution in [0.2, 0.25) is 0 Å². The van der Waals surface area contributed by atoms with Gasteiger partial charge in [-0.25, -0.2) is 9.59 Å². The van der Waals surface area contributed by atoms with E-state index in [0.29, 0.717) is 11.0 Å². The lowest BCUT2D eigenvalue weighted by Gasteiger charge is -2.58. The molecule has 0 heterocycles. The Kier molecular flexibility index (Phi) is 9.59. The summed E-state index contributed by atoms with van der Waals surface area (Å²) < 4.78 is 15.8. The van der Waals surface area contributed by atoms with Gasteiger partial charge in [0.25, 0.3) is 0 Å². The number of carbonyl (C=O) groups excluding carboxylic acids is 2. The van der Waals surface area contributed by atoms with Crippen molar-refractivity contribution in [2.24, 2.45) is 46.3 Å². The van der Waals surface area contributed by atoms with Crippen LogP contribution in [0.1, 0.15) is 112 Å². The van der Waals surface area contributed by atoms with E-state index < -0.39 is 12.1 Å². The average Bonchev–Trinajstić information content (AvgIpc) is 3.23. The molecule has 0 aromatic rings. The summed E-state index contributed by atoms with van der Waals surface area (Å²) in [4.78, 5) is 23.7.